The molecule has 1 saturated carbocycles. The molecule has 176 valence electrons. The van der Waals surface area contributed by atoms with Gasteiger partial charge in [-0.05, 0) is 54.9 Å². The molecular formula is C23H34N4O4S. The maximum Gasteiger partial charge on any atom is 0.221 e. The highest BCUT2D eigenvalue weighted by molar-refractivity contribution is 7.91. The van der Waals surface area contributed by atoms with Gasteiger partial charge in [0, 0.05) is 30.5 Å². The van der Waals surface area contributed by atoms with E-state index < -0.39 is 9.84 Å². The topological polar surface area (TPSA) is 116 Å². The molecule has 1 heterocycles. The molecule has 0 aliphatic heterocycles. The van der Waals surface area contributed by atoms with Gasteiger partial charge in [0.25, 0.3) is 0 Å². The summed E-state index contributed by atoms with van der Waals surface area (Å²) in [5.74, 6) is 2.58. The lowest BCUT2D eigenvalue weighted by atomic mass is 9.92. The van der Waals surface area contributed by atoms with Crippen LogP contribution >= 0.6 is 0 Å². The summed E-state index contributed by atoms with van der Waals surface area (Å²) in [6.45, 7) is 4.28. The predicted molar refractivity (Wildman–Crippen MR) is 127 cm³/mol. The van der Waals surface area contributed by atoms with Gasteiger partial charge in [0.1, 0.15) is 15.7 Å². The number of nitrogen functional groups attached to an aromatic ring is 1. The van der Waals surface area contributed by atoms with Gasteiger partial charge in [-0.2, -0.15) is 4.98 Å². The van der Waals surface area contributed by atoms with Crippen LogP contribution in [0.5, 0.6) is 11.5 Å². The predicted octanol–water partition coefficient (Wildman–Crippen LogP) is 3.56. The Morgan fingerprint density at radius 1 is 1.09 bits per heavy atom. The molecule has 0 bridgehead atoms. The van der Waals surface area contributed by atoms with Gasteiger partial charge in [-0.15, -0.1) is 0 Å². The summed E-state index contributed by atoms with van der Waals surface area (Å²) < 4.78 is 34.7. The molecule has 1 fully saturated rings. The number of ether oxygens (including phenoxy) is 2. The minimum atomic E-state index is -3.00. The number of aromatic nitrogens is 2. The van der Waals surface area contributed by atoms with Crippen LogP contribution in [0.25, 0.3) is 0 Å². The van der Waals surface area contributed by atoms with Crippen LogP contribution in [0.15, 0.2) is 18.3 Å². The Morgan fingerprint density at radius 3 is 2.28 bits per heavy atom. The summed E-state index contributed by atoms with van der Waals surface area (Å²) in [6, 6.07) is 4.18. The van der Waals surface area contributed by atoms with E-state index in [1.54, 1.807) is 20.4 Å². The van der Waals surface area contributed by atoms with E-state index in [1.807, 2.05) is 12.1 Å². The van der Waals surface area contributed by atoms with E-state index in [9.17, 15) is 8.42 Å². The molecule has 9 heteroatoms. The fraction of sp³-hybridized carbons (Fsp3) is 0.565. The summed E-state index contributed by atoms with van der Waals surface area (Å²) in [6.07, 6.45) is 6.54. The summed E-state index contributed by atoms with van der Waals surface area (Å²) in [5.41, 5.74) is 9.09. The van der Waals surface area contributed by atoms with E-state index >= 15 is 0 Å². The molecule has 1 aromatic heterocycles. The van der Waals surface area contributed by atoms with Crippen molar-refractivity contribution in [2.45, 2.75) is 63.2 Å². The Morgan fingerprint density at radius 2 is 1.72 bits per heavy atom. The van der Waals surface area contributed by atoms with Crippen molar-refractivity contribution in [3.63, 3.8) is 0 Å². The van der Waals surface area contributed by atoms with Gasteiger partial charge in [-0.3, -0.25) is 0 Å². The lowest BCUT2D eigenvalue weighted by Gasteiger charge is -2.29. The standard InChI is InChI=1S/C23H34N4O4S/c1-14(2)19-12-21(31-4)20(30-3)11-15(19)10-16-13-25-23(24)27-22(16)26-17-6-8-18(9-7-17)32(5,28)29/h11-14,17-18H,6-10H2,1-5H3,(H3,24,25,26,27). The Kier molecular flexibility index (Phi) is 7.48. The number of nitrogens with zero attached hydrogens (tertiary/aromatic N) is 2. The number of rotatable bonds is 8. The summed E-state index contributed by atoms with van der Waals surface area (Å²) in [7, 11) is 0.264. The minimum absolute atomic E-state index is 0.149. The molecular weight excluding hydrogens is 428 g/mol. The SMILES string of the molecule is COc1cc(Cc2cnc(N)nc2NC2CCC(S(C)(=O)=O)CC2)c(C(C)C)cc1OC. The van der Waals surface area contributed by atoms with Crippen molar-refractivity contribution >= 4 is 21.6 Å². The molecule has 0 unspecified atom stereocenters. The highest BCUT2D eigenvalue weighted by atomic mass is 32.2. The molecule has 3 rings (SSSR count). The van der Waals surface area contributed by atoms with Crippen LogP contribution in [0, 0.1) is 0 Å². The third-order valence-corrected chi connectivity index (χ3v) is 7.83. The van der Waals surface area contributed by atoms with Gasteiger partial charge >= 0.3 is 0 Å². The molecule has 0 radical (unpaired) electrons. The molecule has 32 heavy (non-hydrogen) atoms. The van der Waals surface area contributed by atoms with E-state index in [4.69, 9.17) is 15.2 Å². The van der Waals surface area contributed by atoms with Crippen molar-refractivity contribution in [1.29, 1.82) is 0 Å². The first-order valence-corrected chi connectivity index (χ1v) is 12.9. The second kappa shape index (κ2) is 9.94. The number of methoxy groups -OCH3 is 2. The van der Waals surface area contributed by atoms with Crippen molar-refractivity contribution in [2.75, 3.05) is 31.5 Å². The maximum absolute atomic E-state index is 11.9. The van der Waals surface area contributed by atoms with E-state index in [-0.39, 0.29) is 17.2 Å². The Labute approximate surface area is 190 Å². The maximum atomic E-state index is 11.9. The summed E-state index contributed by atoms with van der Waals surface area (Å²) >= 11 is 0. The largest absolute Gasteiger partial charge is 0.493 e. The van der Waals surface area contributed by atoms with Gasteiger partial charge in [-0.25, -0.2) is 13.4 Å². The molecule has 1 aliphatic carbocycles. The summed E-state index contributed by atoms with van der Waals surface area (Å²) in [4.78, 5) is 8.68. The minimum Gasteiger partial charge on any atom is -0.493 e. The lowest BCUT2D eigenvalue weighted by Crippen LogP contribution is -2.32. The number of hydrogen-bond donors (Lipinski definition) is 2. The third-order valence-electron chi connectivity index (χ3n) is 6.15. The average molecular weight is 463 g/mol. The Hall–Kier alpha value is -2.55. The molecule has 0 amide bonds. The van der Waals surface area contributed by atoms with Crippen LogP contribution < -0.4 is 20.5 Å². The van der Waals surface area contributed by atoms with Crippen LogP contribution in [0.2, 0.25) is 0 Å². The van der Waals surface area contributed by atoms with Crippen LogP contribution in [0.4, 0.5) is 11.8 Å². The monoisotopic (exact) mass is 462 g/mol. The third kappa shape index (κ3) is 5.62. The first kappa shape index (κ1) is 24.1. The zero-order valence-corrected chi connectivity index (χ0v) is 20.3. The molecule has 0 spiro atoms. The zero-order valence-electron chi connectivity index (χ0n) is 19.5. The smallest absolute Gasteiger partial charge is 0.221 e. The first-order valence-electron chi connectivity index (χ1n) is 10.9. The average Bonchev–Trinajstić information content (AvgIpc) is 2.74. The fourth-order valence-electron chi connectivity index (χ4n) is 4.34. The molecule has 0 saturated heterocycles. The molecule has 1 aliphatic rings. The van der Waals surface area contributed by atoms with Crippen molar-refractivity contribution in [3.8, 4) is 11.5 Å². The normalized spacial score (nSPS) is 19.1. The highest BCUT2D eigenvalue weighted by Gasteiger charge is 2.28. The van der Waals surface area contributed by atoms with Crippen molar-refractivity contribution in [2.24, 2.45) is 0 Å². The first-order chi connectivity index (χ1) is 15.1. The number of nitrogens with one attached hydrogen (secondary N) is 1. The molecule has 2 aromatic rings. The quantitative estimate of drug-likeness (QED) is 0.612. The Bertz CT molecular complexity index is 1050. The fourth-order valence-corrected chi connectivity index (χ4v) is 5.46. The van der Waals surface area contributed by atoms with Gasteiger partial charge in [0.05, 0.1) is 19.5 Å². The summed E-state index contributed by atoms with van der Waals surface area (Å²) in [5, 5.41) is 3.25. The van der Waals surface area contributed by atoms with E-state index in [1.165, 1.54) is 11.8 Å². The van der Waals surface area contributed by atoms with Crippen LogP contribution in [-0.2, 0) is 16.3 Å². The van der Waals surface area contributed by atoms with Crippen LogP contribution in [0.3, 0.4) is 0 Å². The van der Waals surface area contributed by atoms with Gasteiger partial charge in [0.2, 0.25) is 5.95 Å². The van der Waals surface area contributed by atoms with Crippen LogP contribution in [0.1, 0.15) is 62.1 Å². The molecule has 8 nitrogen and oxygen atoms in total. The number of benzene rings is 1. The number of sulfone groups is 1. The van der Waals surface area contributed by atoms with E-state index in [0.717, 1.165) is 24.0 Å². The molecule has 1 aromatic carbocycles. The molecule has 0 atom stereocenters. The number of hydrogen-bond acceptors (Lipinski definition) is 8. The van der Waals surface area contributed by atoms with Crippen molar-refractivity contribution < 1.29 is 17.9 Å². The lowest BCUT2D eigenvalue weighted by molar-refractivity contribution is 0.354. The highest BCUT2D eigenvalue weighted by Crippen LogP contribution is 2.36. The van der Waals surface area contributed by atoms with Gasteiger partial charge < -0.3 is 20.5 Å². The van der Waals surface area contributed by atoms with Crippen LogP contribution in [-0.4, -0.2) is 50.2 Å². The number of anilines is 2. The van der Waals surface area contributed by atoms with Gasteiger partial charge in [-0.1, -0.05) is 13.8 Å². The molecule has 3 N–H and O–H groups in total. The second-order valence-corrected chi connectivity index (χ2v) is 11.1. The van der Waals surface area contributed by atoms with E-state index in [0.29, 0.717) is 42.5 Å². The Balaban J connectivity index is 1.86. The zero-order chi connectivity index (χ0) is 23.5. The number of nitrogens with two attached hydrogens (primary N) is 1. The second-order valence-electron chi connectivity index (χ2n) is 8.79. The van der Waals surface area contributed by atoms with Crippen molar-refractivity contribution in [3.05, 3.63) is 35.0 Å². The van der Waals surface area contributed by atoms with Gasteiger partial charge in [0.15, 0.2) is 11.5 Å². The van der Waals surface area contributed by atoms with Crippen molar-refractivity contribution in [1.82, 2.24) is 9.97 Å². The van der Waals surface area contributed by atoms with E-state index in [2.05, 4.69) is 29.1 Å².